The van der Waals surface area contributed by atoms with Crippen LogP contribution in [0.5, 0.6) is 0 Å². The van der Waals surface area contributed by atoms with Crippen LogP contribution >= 0.6 is 0 Å². The van der Waals surface area contributed by atoms with E-state index in [0.717, 1.165) is 17.8 Å². The molecular weight excluding hydrogens is 174 g/mol. The zero-order valence-electron chi connectivity index (χ0n) is 9.39. The van der Waals surface area contributed by atoms with Gasteiger partial charge < -0.3 is 11.1 Å². The summed E-state index contributed by atoms with van der Waals surface area (Å²) in [5.41, 5.74) is 7.51. The van der Waals surface area contributed by atoms with E-state index in [9.17, 15) is 0 Å². The molecule has 0 amide bonds. The van der Waals surface area contributed by atoms with Gasteiger partial charge in [-0.05, 0) is 38.8 Å². The molecule has 3 N–H and O–H groups in total. The van der Waals surface area contributed by atoms with Gasteiger partial charge >= 0.3 is 0 Å². The normalized spacial score (nSPS) is 11.4. The van der Waals surface area contributed by atoms with E-state index >= 15 is 0 Å². The molecule has 0 fully saturated rings. The van der Waals surface area contributed by atoms with Crippen molar-refractivity contribution in [2.45, 2.75) is 39.7 Å². The van der Waals surface area contributed by atoms with E-state index in [1.165, 1.54) is 0 Å². The van der Waals surface area contributed by atoms with Crippen LogP contribution < -0.4 is 11.1 Å². The van der Waals surface area contributed by atoms with E-state index in [1.807, 2.05) is 13.0 Å². The molecule has 0 aliphatic heterocycles. The molecule has 0 saturated carbocycles. The SMILES string of the molecule is CCC(C)(C)Nc1ncc(N)cc1C. The Kier molecular flexibility index (Phi) is 2.99. The molecule has 0 saturated heterocycles. The quantitative estimate of drug-likeness (QED) is 0.775. The fraction of sp³-hybridized carbons (Fsp3) is 0.545. The van der Waals surface area contributed by atoms with Crippen LogP contribution in [-0.4, -0.2) is 10.5 Å². The lowest BCUT2D eigenvalue weighted by atomic mass is 10.0. The lowest BCUT2D eigenvalue weighted by Crippen LogP contribution is -2.30. The maximum Gasteiger partial charge on any atom is 0.129 e. The van der Waals surface area contributed by atoms with Gasteiger partial charge in [0.2, 0.25) is 0 Å². The van der Waals surface area contributed by atoms with Crippen LogP contribution in [0.4, 0.5) is 11.5 Å². The Morgan fingerprint density at radius 2 is 2.14 bits per heavy atom. The van der Waals surface area contributed by atoms with Crippen LogP contribution in [-0.2, 0) is 0 Å². The molecule has 3 nitrogen and oxygen atoms in total. The molecule has 0 aromatic carbocycles. The van der Waals surface area contributed by atoms with Gasteiger partial charge in [0.05, 0.1) is 11.9 Å². The van der Waals surface area contributed by atoms with E-state index in [-0.39, 0.29) is 5.54 Å². The highest BCUT2D eigenvalue weighted by molar-refractivity contribution is 5.51. The largest absolute Gasteiger partial charge is 0.397 e. The molecule has 0 spiro atoms. The van der Waals surface area contributed by atoms with E-state index in [1.54, 1.807) is 6.20 Å². The minimum Gasteiger partial charge on any atom is -0.397 e. The summed E-state index contributed by atoms with van der Waals surface area (Å²) in [6.07, 6.45) is 2.74. The molecule has 1 aromatic rings. The van der Waals surface area contributed by atoms with Crippen LogP contribution in [0.2, 0.25) is 0 Å². The van der Waals surface area contributed by atoms with Crippen molar-refractivity contribution in [3.05, 3.63) is 17.8 Å². The maximum absolute atomic E-state index is 5.63. The number of nitrogens with two attached hydrogens (primary N) is 1. The van der Waals surface area contributed by atoms with Crippen molar-refractivity contribution in [3.63, 3.8) is 0 Å². The summed E-state index contributed by atoms with van der Waals surface area (Å²) in [6, 6.07) is 1.93. The lowest BCUT2D eigenvalue weighted by Gasteiger charge is -2.26. The van der Waals surface area contributed by atoms with Crippen molar-refractivity contribution < 1.29 is 0 Å². The third kappa shape index (κ3) is 2.62. The first-order chi connectivity index (χ1) is 6.44. The minimum atomic E-state index is 0.0773. The summed E-state index contributed by atoms with van der Waals surface area (Å²) in [4.78, 5) is 4.27. The standard InChI is InChI=1S/C11H19N3/c1-5-11(3,4)14-10-8(2)6-9(12)7-13-10/h6-7H,5,12H2,1-4H3,(H,13,14). The number of rotatable bonds is 3. The second-order valence-corrected chi connectivity index (χ2v) is 4.30. The highest BCUT2D eigenvalue weighted by Crippen LogP contribution is 2.20. The van der Waals surface area contributed by atoms with Gasteiger partial charge in [-0.2, -0.15) is 0 Å². The molecule has 0 aliphatic carbocycles. The maximum atomic E-state index is 5.63. The number of hydrogen-bond acceptors (Lipinski definition) is 3. The number of nitrogen functional groups attached to an aromatic ring is 1. The van der Waals surface area contributed by atoms with Crippen LogP contribution in [0.25, 0.3) is 0 Å². The summed E-state index contributed by atoms with van der Waals surface area (Å²) < 4.78 is 0. The van der Waals surface area contributed by atoms with Crippen molar-refractivity contribution in [1.82, 2.24) is 4.98 Å². The third-order valence-corrected chi connectivity index (χ3v) is 2.44. The number of nitrogens with one attached hydrogen (secondary N) is 1. The summed E-state index contributed by atoms with van der Waals surface area (Å²) in [6.45, 7) is 8.48. The monoisotopic (exact) mass is 193 g/mol. The summed E-state index contributed by atoms with van der Waals surface area (Å²) in [5.74, 6) is 0.922. The minimum absolute atomic E-state index is 0.0773. The fourth-order valence-corrected chi connectivity index (χ4v) is 1.14. The van der Waals surface area contributed by atoms with Crippen molar-refractivity contribution in [1.29, 1.82) is 0 Å². The number of pyridine rings is 1. The molecule has 0 radical (unpaired) electrons. The Hall–Kier alpha value is -1.25. The summed E-state index contributed by atoms with van der Waals surface area (Å²) in [7, 11) is 0. The highest BCUT2D eigenvalue weighted by Gasteiger charge is 2.15. The average Bonchev–Trinajstić information content (AvgIpc) is 2.10. The summed E-state index contributed by atoms with van der Waals surface area (Å²) in [5, 5.41) is 3.40. The van der Waals surface area contributed by atoms with E-state index in [2.05, 4.69) is 31.1 Å². The van der Waals surface area contributed by atoms with Gasteiger partial charge in [0, 0.05) is 5.54 Å². The van der Waals surface area contributed by atoms with Crippen molar-refractivity contribution in [2.24, 2.45) is 0 Å². The first-order valence-electron chi connectivity index (χ1n) is 4.95. The fourth-order valence-electron chi connectivity index (χ4n) is 1.14. The van der Waals surface area contributed by atoms with Crippen LogP contribution in [0.1, 0.15) is 32.8 Å². The lowest BCUT2D eigenvalue weighted by molar-refractivity contribution is 0.544. The second kappa shape index (κ2) is 3.86. The second-order valence-electron chi connectivity index (χ2n) is 4.30. The van der Waals surface area contributed by atoms with Gasteiger partial charge in [0.15, 0.2) is 0 Å². The Morgan fingerprint density at radius 1 is 1.50 bits per heavy atom. The van der Waals surface area contributed by atoms with Crippen LogP contribution in [0, 0.1) is 6.92 Å². The smallest absolute Gasteiger partial charge is 0.129 e. The molecular formula is C11H19N3. The molecule has 1 rings (SSSR count). The van der Waals surface area contributed by atoms with E-state index in [4.69, 9.17) is 5.73 Å². The Labute approximate surface area is 85.7 Å². The topological polar surface area (TPSA) is 50.9 Å². The molecule has 3 heteroatoms. The Balaban J connectivity index is 2.87. The van der Waals surface area contributed by atoms with Crippen LogP contribution in [0.15, 0.2) is 12.3 Å². The third-order valence-electron chi connectivity index (χ3n) is 2.44. The zero-order chi connectivity index (χ0) is 10.8. The number of aryl methyl sites for hydroxylation is 1. The van der Waals surface area contributed by atoms with Crippen molar-refractivity contribution in [2.75, 3.05) is 11.1 Å². The first kappa shape index (κ1) is 10.8. The Bertz CT molecular complexity index is 318. The predicted octanol–water partition coefficient (Wildman–Crippen LogP) is 2.57. The summed E-state index contributed by atoms with van der Waals surface area (Å²) >= 11 is 0. The molecule has 1 aromatic heterocycles. The highest BCUT2D eigenvalue weighted by atomic mass is 15.0. The molecule has 0 unspecified atom stereocenters. The van der Waals surface area contributed by atoms with Gasteiger partial charge in [0.25, 0.3) is 0 Å². The molecule has 78 valence electrons. The van der Waals surface area contributed by atoms with Gasteiger partial charge in [0.1, 0.15) is 5.82 Å². The Morgan fingerprint density at radius 3 is 2.64 bits per heavy atom. The number of anilines is 2. The van der Waals surface area contributed by atoms with Gasteiger partial charge in [-0.25, -0.2) is 4.98 Å². The van der Waals surface area contributed by atoms with Crippen molar-refractivity contribution >= 4 is 11.5 Å². The number of nitrogens with zero attached hydrogens (tertiary/aromatic N) is 1. The number of hydrogen-bond donors (Lipinski definition) is 2. The van der Waals surface area contributed by atoms with Gasteiger partial charge in [-0.3, -0.25) is 0 Å². The zero-order valence-corrected chi connectivity index (χ0v) is 9.39. The average molecular weight is 193 g/mol. The first-order valence-corrected chi connectivity index (χ1v) is 4.95. The molecule has 0 atom stereocenters. The van der Waals surface area contributed by atoms with E-state index < -0.39 is 0 Å². The predicted molar refractivity (Wildman–Crippen MR) is 61.4 cm³/mol. The molecule has 14 heavy (non-hydrogen) atoms. The molecule has 0 aliphatic rings. The van der Waals surface area contributed by atoms with Gasteiger partial charge in [-0.1, -0.05) is 6.92 Å². The molecule has 0 bridgehead atoms. The molecule has 1 heterocycles. The van der Waals surface area contributed by atoms with Gasteiger partial charge in [-0.15, -0.1) is 0 Å². The van der Waals surface area contributed by atoms with Crippen molar-refractivity contribution in [3.8, 4) is 0 Å². The van der Waals surface area contributed by atoms with E-state index in [0.29, 0.717) is 5.69 Å². The number of aromatic nitrogens is 1. The van der Waals surface area contributed by atoms with Crippen LogP contribution in [0.3, 0.4) is 0 Å².